The second-order valence-corrected chi connectivity index (χ2v) is 7.79. The van der Waals surface area contributed by atoms with Gasteiger partial charge in [-0.3, -0.25) is 4.99 Å². The summed E-state index contributed by atoms with van der Waals surface area (Å²) >= 11 is 6.37. The summed E-state index contributed by atoms with van der Waals surface area (Å²) in [4.78, 5) is 7.16. The van der Waals surface area contributed by atoms with E-state index < -0.39 is 0 Å². The molecule has 2 heterocycles. The van der Waals surface area contributed by atoms with Crippen molar-refractivity contribution in [2.75, 3.05) is 44.3 Å². The molecule has 0 bridgehead atoms. The van der Waals surface area contributed by atoms with Gasteiger partial charge in [0.1, 0.15) is 0 Å². The fourth-order valence-corrected chi connectivity index (χ4v) is 3.60. The van der Waals surface area contributed by atoms with Gasteiger partial charge in [-0.05, 0) is 31.9 Å². The molecule has 2 N–H and O–H groups in total. The first-order chi connectivity index (χ1) is 12.1. The largest absolute Gasteiger partial charge is 0.380 e. The number of benzene rings is 1. The van der Waals surface area contributed by atoms with Crippen molar-refractivity contribution in [2.24, 2.45) is 10.4 Å². The van der Waals surface area contributed by atoms with Crippen molar-refractivity contribution in [2.45, 2.75) is 32.7 Å². The summed E-state index contributed by atoms with van der Waals surface area (Å²) in [5.74, 6) is 0.904. The summed E-state index contributed by atoms with van der Waals surface area (Å²) in [5.41, 5.74) is 1.31. The van der Waals surface area contributed by atoms with Crippen molar-refractivity contribution in [3.05, 3.63) is 29.3 Å². The van der Waals surface area contributed by atoms with Gasteiger partial charge in [-0.1, -0.05) is 30.7 Å². The SMILES string of the molecule is CCNC(=NCC1(C)COC1)NC1CCCN(c2ccccc2Cl)C1. The van der Waals surface area contributed by atoms with Crippen molar-refractivity contribution in [1.82, 2.24) is 10.6 Å². The van der Waals surface area contributed by atoms with Crippen LogP contribution in [0.4, 0.5) is 5.69 Å². The average Bonchev–Trinajstić information content (AvgIpc) is 2.59. The Labute approximate surface area is 155 Å². The number of nitrogens with zero attached hydrogens (tertiary/aromatic N) is 2. The van der Waals surface area contributed by atoms with Crippen LogP contribution in [0.25, 0.3) is 0 Å². The van der Waals surface area contributed by atoms with Crippen LogP contribution in [0.15, 0.2) is 29.3 Å². The number of ether oxygens (including phenoxy) is 1. The first kappa shape index (κ1) is 18.3. The quantitative estimate of drug-likeness (QED) is 0.623. The number of piperidine rings is 1. The highest BCUT2D eigenvalue weighted by Gasteiger charge is 2.33. The monoisotopic (exact) mass is 364 g/mol. The van der Waals surface area contributed by atoms with Gasteiger partial charge in [-0.2, -0.15) is 0 Å². The average molecular weight is 365 g/mol. The van der Waals surface area contributed by atoms with Crippen LogP contribution in [0.1, 0.15) is 26.7 Å². The standard InChI is InChI=1S/C19H29ClN4O/c1-3-21-18(22-12-19(2)13-25-14-19)23-15-7-6-10-24(11-15)17-9-5-4-8-16(17)20/h4-5,8-9,15H,3,6-7,10-14H2,1-2H3,(H2,21,22,23). The van der Waals surface area contributed by atoms with Crippen LogP contribution in [0.2, 0.25) is 5.02 Å². The van der Waals surface area contributed by atoms with Gasteiger partial charge >= 0.3 is 0 Å². The minimum atomic E-state index is 0.193. The van der Waals surface area contributed by atoms with E-state index in [9.17, 15) is 0 Å². The Bertz CT molecular complexity index is 603. The van der Waals surface area contributed by atoms with E-state index >= 15 is 0 Å². The Morgan fingerprint density at radius 3 is 2.88 bits per heavy atom. The van der Waals surface area contributed by atoms with Crippen molar-refractivity contribution in [1.29, 1.82) is 0 Å². The molecule has 3 rings (SSSR count). The summed E-state index contributed by atoms with van der Waals surface area (Å²) in [6.45, 7) is 9.58. The highest BCUT2D eigenvalue weighted by atomic mass is 35.5. The maximum atomic E-state index is 6.37. The molecule has 0 aliphatic carbocycles. The number of halogens is 1. The van der Waals surface area contributed by atoms with Crippen LogP contribution < -0.4 is 15.5 Å². The van der Waals surface area contributed by atoms with E-state index in [2.05, 4.69) is 35.4 Å². The van der Waals surface area contributed by atoms with Crippen molar-refractivity contribution < 1.29 is 4.74 Å². The molecule has 5 nitrogen and oxygen atoms in total. The van der Waals surface area contributed by atoms with Crippen LogP contribution in [0.3, 0.4) is 0 Å². The minimum Gasteiger partial charge on any atom is -0.380 e. The lowest BCUT2D eigenvalue weighted by Crippen LogP contribution is -2.52. The van der Waals surface area contributed by atoms with Crippen LogP contribution in [0, 0.1) is 5.41 Å². The second kappa shape index (κ2) is 8.28. The minimum absolute atomic E-state index is 0.193. The number of anilines is 1. The molecule has 1 aromatic rings. The lowest BCUT2D eigenvalue weighted by atomic mass is 9.89. The molecule has 25 heavy (non-hydrogen) atoms. The second-order valence-electron chi connectivity index (χ2n) is 7.38. The molecule has 2 saturated heterocycles. The molecule has 0 aromatic heterocycles. The number of hydrogen-bond donors (Lipinski definition) is 2. The van der Waals surface area contributed by atoms with E-state index in [0.717, 1.165) is 68.9 Å². The number of nitrogens with one attached hydrogen (secondary N) is 2. The number of rotatable bonds is 5. The Morgan fingerprint density at radius 1 is 1.40 bits per heavy atom. The summed E-state index contributed by atoms with van der Waals surface area (Å²) in [7, 11) is 0. The van der Waals surface area contributed by atoms with Gasteiger partial charge in [0.05, 0.1) is 30.5 Å². The van der Waals surface area contributed by atoms with E-state index in [1.165, 1.54) is 0 Å². The predicted molar refractivity (Wildman–Crippen MR) is 105 cm³/mol. The molecule has 6 heteroatoms. The number of hydrogen-bond acceptors (Lipinski definition) is 3. The van der Waals surface area contributed by atoms with Crippen LogP contribution in [-0.4, -0.2) is 51.4 Å². The molecule has 2 fully saturated rings. The first-order valence-corrected chi connectivity index (χ1v) is 9.59. The van der Waals surface area contributed by atoms with Gasteiger partial charge in [-0.15, -0.1) is 0 Å². The molecule has 0 saturated carbocycles. The van der Waals surface area contributed by atoms with Crippen molar-refractivity contribution in [3.63, 3.8) is 0 Å². The first-order valence-electron chi connectivity index (χ1n) is 9.22. The normalized spacial score (nSPS) is 23.1. The van der Waals surface area contributed by atoms with E-state index in [1.54, 1.807) is 0 Å². The Kier molecular flexibility index (Phi) is 6.07. The topological polar surface area (TPSA) is 48.9 Å². The van der Waals surface area contributed by atoms with Gasteiger partial charge in [0, 0.05) is 31.1 Å². The van der Waals surface area contributed by atoms with Crippen LogP contribution in [-0.2, 0) is 4.74 Å². The van der Waals surface area contributed by atoms with Gasteiger partial charge in [0.25, 0.3) is 0 Å². The Morgan fingerprint density at radius 2 is 2.20 bits per heavy atom. The van der Waals surface area contributed by atoms with Gasteiger partial charge in [0.2, 0.25) is 0 Å². The maximum absolute atomic E-state index is 6.37. The highest BCUT2D eigenvalue weighted by molar-refractivity contribution is 6.33. The third-order valence-corrected chi connectivity index (χ3v) is 5.14. The summed E-state index contributed by atoms with van der Waals surface area (Å²) in [6, 6.07) is 8.45. The molecular formula is C19H29ClN4O. The Hall–Kier alpha value is -1.46. The smallest absolute Gasteiger partial charge is 0.191 e. The molecular weight excluding hydrogens is 336 g/mol. The van der Waals surface area contributed by atoms with Crippen molar-refractivity contribution >= 4 is 23.2 Å². The zero-order valence-electron chi connectivity index (χ0n) is 15.2. The van der Waals surface area contributed by atoms with E-state index in [-0.39, 0.29) is 5.41 Å². The zero-order chi connectivity index (χ0) is 17.7. The fraction of sp³-hybridized carbons (Fsp3) is 0.632. The van der Waals surface area contributed by atoms with E-state index in [1.807, 2.05) is 18.2 Å². The zero-order valence-corrected chi connectivity index (χ0v) is 16.0. The number of para-hydroxylation sites is 1. The molecule has 0 amide bonds. The van der Waals surface area contributed by atoms with E-state index in [4.69, 9.17) is 21.3 Å². The van der Waals surface area contributed by atoms with Gasteiger partial charge in [0.15, 0.2) is 5.96 Å². The lowest BCUT2D eigenvalue weighted by molar-refractivity contribution is -0.0945. The molecule has 2 aliphatic rings. The van der Waals surface area contributed by atoms with Crippen molar-refractivity contribution in [3.8, 4) is 0 Å². The predicted octanol–water partition coefficient (Wildman–Crippen LogP) is 2.90. The lowest BCUT2D eigenvalue weighted by Gasteiger charge is -2.37. The third kappa shape index (κ3) is 4.79. The molecule has 0 spiro atoms. The molecule has 1 atom stereocenters. The summed E-state index contributed by atoms with van der Waals surface area (Å²) < 4.78 is 5.33. The third-order valence-electron chi connectivity index (χ3n) is 4.82. The van der Waals surface area contributed by atoms with E-state index in [0.29, 0.717) is 6.04 Å². The number of aliphatic imine (C=N–C) groups is 1. The molecule has 0 radical (unpaired) electrons. The highest BCUT2D eigenvalue weighted by Crippen LogP contribution is 2.28. The number of guanidine groups is 1. The van der Waals surface area contributed by atoms with Gasteiger partial charge < -0.3 is 20.3 Å². The molecule has 2 aliphatic heterocycles. The molecule has 1 unspecified atom stereocenters. The summed E-state index contributed by atoms with van der Waals surface area (Å²) in [5, 5.41) is 7.80. The Balaban J connectivity index is 1.61. The summed E-state index contributed by atoms with van der Waals surface area (Å²) in [6.07, 6.45) is 2.29. The molecule has 138 valence electrons. The maximum Gasteiger partial charge on any atom is 0.191 e. The van der Waals surface area contributed by atoms with Crippen LogP contribution >= 0.6 is 11.6 Å². The molecule has 1 aromatic carbocycles. The van der Waals surface area contributed by atoms with Gasteiger partial charge in [-0.25, -0.2) is 0 Å². The fourth-order valence-electron chi connectivity index (χ4n) is 3.35. The van der Waals surface area contributed by atoms with Crippen LogP contribution in [0.5, 0.6) is 0 Å².